The van der Waals surface area contributed by atoms with Gasteiger partial charge >= 0.3 is 12.1 Å². The van der Waals surface area contributed by atoms with Gasteiger partial charge in [0.05, 0.1) is 19.1 Å². The fourth-order valence-electron chi connectivity index (χ4n) is 2.39. The number of carbonyl (C=O) groups is 1. The van der Waals surface area contributed by atoms with Crippen LogP contribution in [0.2, 0.25) is 0 Å². The predicted molar refractivity (Wildman–Crippen MR) is 79.5 cm³/mol. The van der Waals surface area contributed by atoms with Gasteiger partial charge in [0, 0.05) is 5.56 Å². The van der Waals surface area contributed by atoms with Crippen molar-refractivity contribution in [3.8, 4) is 16.9 Å². The number of methoxy groups -OCH3 is 1. The van der Waals surface area contributed by atoms with Crippen LogP contribution < -0.4 is 4.74 Å². The lowest BCUT2D eigenvalue weighted by atomic mass is 9.95. The molecule has 0 spiro atoms. The van der Waals surface area contributed by atoms with Gasteiger partial charge in [-0.3, -0.25) is 4.79 Å². The van der Waals surface area contributed by atoms with Crippen LogP contribution in [0.3, 0.4) is 0 Å². The number of aryl methyl sites for hydroxylation is 1. The van der Waals surface area contributed by atoms with E-state index in [0.717, 1.165) is 12.1 Å². The molecule has 0 atom stereocenters. The molecule has 2 aromatic carbocycles. The molecule has 122 valence electrons. The van der Waals surface area contributed by atoms with Gasteiger partial charge in [-0.05, 0) is 47.9 Å². The monoisotopic (exact) mass is 324 g/mol. The lowest BCUT2D eigenvalue weighted by Gasteiger charge is -2.15. The summed E-state index contributed by atoms with van der Waals surface area (Å²) in [5.41, 5.74) is 1.40. The maximum absolute atomic E-state index is 12.8. The van der Waals surface area contributed by atoms with E-state index in [1.54, 1.807) is 25.1 Å². The van der Waals surface area contributed by atoms with Crippen LogP contribution in [-0.2, 0) is 17.4 Å². The van der Waals surface area contributed by atoms with Crippen LogP contribution in [0.1, 0.15) is 16.7 Å². The van der Waals surface area contributed by atoms with Gasteiger partial charge in [0.2, 0.25) is 0 Å². The average molecular weight is 324 g/mol. The van der Waals surface area contributed by atoms with Crippen LogP contribution in [0.4, 0.5) is 13.2 Å². The van der Waals surface area contributed by atoms with E-state index in [2.05, 4.69) is 0 Å². The van der Waals surface area contributed by atoms with Crippen LogP contribution >= 0.6 is 0 Å². The number of carboxylic acids is 1. The van der Waals surface area contributed by atoms with Crippen LogP contribution in [0.25, 0.3) is 11.1 Å². The molecule has 0 aliphatic rings. The molecule has 6 heteroatoms. The molecule has 0 aliphatic carbocycles. The first-order valence-electron chi connectivity index (χ1n) is 6.79. The van der Waals surface area contributed by atoms with E-state index in [4.69, 9.17) is 9.84 Å². The molecule has 0 bridgehead atoms. The molecule has 3 nitrogen and oxygen atoms in total. The molecule has 0 unspecified atom stereocenters. The third-order valence-corrected chi connectivity index (χ3v) is 3.46. The molecule has 0 fully saturated rings. The largest absolute Gasteiger partial charge is 0.496 e. The highest BCUT2D eigenvalue weighted by atomic mass is 19.4. The summed E-state index contributed by atoms with van der Waals surface area (Å²) in [7, 11) is 1.45. The molecule has 0 aromatic heterocycles. The minimum Gasteiger partial charge on any atom is -0.496 e. The van der Waals surface area contributed by atoms with Crippen molar-refractivity contribution in [2.24, 2.45) is 0 Å². The summed E-state index contributed by atoms with van der Waals surface area (Å²) in [6.07, 6.45) is -4.57. The smallest absolute Gasteiger partial charge is 0.416 e. The van der Waals surface area contributed by atoms with Gasteiger partial charge in [-0.15, -0.1) is 0 Å². The number of rotatable bonds is 4. The van der Waals surface area contributed by atoms with Crippen molar-refractivity contribution >= 4 is 5.97 Å². The Balaban J connectivity index is 2.54. The van der Waals surface area contributed by atoms with E-state index in [9.17, 15) is 18.0 Å². The SMILES string of the molecule is COc1ccc(CC(=O)O)cc1-c1ccc(C(F)(F)F)cc1C. The van der Waals surface area contributed by atoms with Gasteiger partial charge in [-0.1, -0.05) is 12.1 Å². The number of aliphatic carboxylic acids is 1. The minimum atomic E-state index is -4.40. The zero-order valence-corrected chi connectivity index (χ0v) is 12.6. The Morgan fingerprint density at radius 1 is 1.13 bits per heavy atom. The Morgan fingerprint density at radius 2 is 1.83 bits per heavy atom. The van der Waals surface area contributed by atoms with Crippen molar-refractivity contribution in [1.29, 1.82) is 0 Å². The van der Waals surface area contributed by atoms with Gasteiger partial charge in [0.25, 0.3) is 0 Å². The molecule has 2 aromatic rings. The van der Waals surface area contributed by atoms with Crippen LogP contribution in [0, 0.1) is 6.92 Å². The molecule has 0 aliphatic heterocycles. The number of alkyl halides is 3. The molecule has 0 saturated heterocycles. The second-order valence-corrected chi connectivity index (χ2v) is 5.13. The summed E-state index contributed by atoms with van der Waals surface area (Å²) in [6.45, 7) is 1.58. The summed E-state index contributed by atoms with van der Waals surface area (Å²) in [6, 6.07) is 8.31. The number of hydrogen-bond acceptors (Lipinski definition) is 2. The first-order chi connectivity index (χ1) is 10.7. The Kier molecular flexibility index (Phi) is 4.63. The lowest BCUT2D eigenvalue weighted by molar-refractivity contribution is -0.138. The Hall–Kier alpha value is -2.50. The maximum Gasteiger partial charge on any atom is 0.416 e. The topological polar surface area (TPSA) is 46.5 Å². The van der Waals surface area contributed by atoms with Crippen LogP contribution in [0.15, 0.2) is 36.4 Å². The quantitative estimate of drug-likeness (QED) is 0.911. The number of hydrogen-bond donors (Lipinski definition) is 1. The van der Waals surface area contributed by atoms with Gasteiger partial charge in [0.15, 0.2) is 0 Å². The predicted octanol–water partition coefficient (Wildman–Crippen LogP) is 4.32. The summed E-state index contributed by atoms with van der Waals surface area (Å²) in [5, 5.41) is 8.88. The molecule has 0 heterocycles. The van der Waals surface area contributed by atoms with Crippen molar-refractivity contribution in [3.05, 3.63) is 53.1 Å². The fourth-order valence-corrected chi connectivity index (χ4v) is 2.39. The van der Waals surface area contributed by atoms with Crippen LogP contribution in [-0.4, -0.2) is 18.2 Å². The second kappa shape index (κ2) is 6.32. The lowest BCUT2D eigenvalue weighted by Crippen LogP contribution is -2.05. The normalized spacial score (nSPS) is 11.3. The van der Waals surface area contributed by atoms with E-state index in [-0.39, 0.29) is 6.42 Å². The summed E-state index contributed by atoms with van der Waals surface area (Å²) >= 11 is 0. The number of halogens is 3. The van der Waals surface area contributed by atoms with Gasteiger partial charge < -0.3 is 9.84 Å². The van der Waals surface area contributed by atoms with Crippen molar-refractivity contribution in [3.63, 3.8) is 0 Å². The standard InChI is InChI=1S/C17H15F3O3/c1-10-7-12(17(18,19)20)4-5-13(10)14-8-11(9-16(21)22)3-6-15(14)23-2/h3-8H,9H2,1-2H3,(H,21,22). The molecule has 1 N–H and O–H groups in total. The van der Waals surface area contributed by atoms with Crippen LogP contribution in [0.5, 0.6) is 5.75 Å². The zero-order chi connectivity index (χ0) is 17.2. The fraction of sp³-hybridized carbons (Fsp3) is 0.235. The summed E-state index contributed by atoms with van der Waals surface area (Å²) in [5.74, 6) is -0.507. The van der Waals surface area contributed by atoms with Gasteiger partial charge in [-0.25, -0.2) is 0 Å². The first kappa shape index (κ1) is 16.9. The molecule has 2 rings (SSSR count). The van der Waals surface area contributed by atoms with Gasteiger partial charge in [-0.2, -0.15) is 13.2 Å². The Morgan fingerprint density at radius 3 is 2.35 bits per heavy atom. The van der Waals surface area contributed by atoms with E-state index < -0.39 is 17.7 Å². The van der Waals surface area contributed by atoms with Crippen molar-refractivity contribution in [2.75, 3.05) is 7.11 Å². The molecule has 0 radical (unpaired) electrons. The average Bonchev–Trinajstić information content (AvgIpc) is 2.45. The van der Waals surface area contributed by atoms with E-state index in [1.165, 1.54) is 13.2 Å². The highest BCUT2D eigenvalue weighted by Gasteiger charge is 2.30. The third-order valence-electron chi connectivity index (χ3n) is 3.46. The minimum absolute atomic E-state index is 0.170. The number of benzene rings is 2. The maximum atomic E-state index is 12.8. The van der Waals surface area contributed by atoms with E-state index >= 15 is 0 Å². The van der Waals surface area contributed by atoms with E-state index in [1.807, 2.05) is 0 Å². The Bertz CT molecular complexity index is 736. The summed E-state index contributed by atoms with van der Waals surface area (Å²) in [4.78, 5) is 10.8. The van der Waals surface area contributed by atoms with E-state index in [0.29, 0.717) is 28.0 Å². The molecular weight excluding hydrogens is 309 g/mol. The molecule has 23 heavy (non-hydrogen) atoms. The van der Waals surface area contributed by atoms with Crippen molar-refractivity contribution in [1.82, 2.24) is 0 Å². The molecule has 0 amide bonds. The van der Waals surface area contributed by atoms with Crippen molar-refractivity contribution < 1.29 is 27.8 Å². The summed E-state index contributed by atoms with van der Waals surface area (Å²) < 4.78 is 43.5. The van der Waals surface area contributed by atoms with Gasteiger partial charge in [0.1, 0.15) is 5.75 Å². The third kappa shape index (κ3) is 3.83. The molecule has 0 saturated carbocycles. The molecular formula is C17H15F3O3. The number of ether oxygens (including phenoxy) is 1. The highest BCUT2D eigenvalue weighted by molar-refractivity contribution is 5.76. The zero-order valence-electron chi connectivity index (χ0n) is 12.6. The first-order valence-corrected chi connectivity index (χ1v) is 6.79. The second-order valence-electron chi connectivity index (χ2n) is 5.13. The Labute approximate surface area is 131 Å². The highest BCUT2D eigenvalue weighted by Crippen LogP contribution is 2.36. The van der Waals surface area contributed by atoms with Crippen molar-refractivity contribution in [2.45, 2.75) is 19.5 Å². The number of carboxylic acid groups (broad SMARTS) is 1.